The van der Waals surface area contributed by atoms with Crippen LogP contribution in [0.3, 0.4) is 0 Å². The molecule has 0 aromatic heterocycles. The highest BCUT2D eigenvalue weighted by molar-refractivity contribution is 7.84. The van der Waals surface area contributed by atoms with E-state index in [1.165, 1.54) is 0 Å². The van der Waals surface area contributed by atoms with Crippen LogP contribution in [0.25, 0.3) is 0 Å². The van der Waals surface area contributed by atoms with Crippen molar-refractivity contribution in [2.75, 3.05) is 0 Å². The van der Waals surface area contributed by atoms with Crippen molar-refractivity contribution < 1.29 is 4.21 Å². The summed E-state index contributed by atoms with van der Waals surface area (Å²) in [6.45, 7) is 11.9. The van der Waals surface area contributed by atoms with E-state index in [9.17, 15) is 4.21 Å². The Morgan fingerprint density at radius 1 is 1.27 bits per heavy atom. The number of nitrogens with zero attached hydrogens (tertiary/aromatic N) is 1. The summed E-state index contributed by atoms with van der Waals surface area (Å²) in [5, 5.41) is 8.73. The maximum absolute atomic E-state index is 11.9. The Labute approximate surface area is 95.8 Å². The smallest absolute Gasteiger partial charge is 0.0973 e. The van der Waals surface area contributed by atoms with Gasteiger partial charge in [-0.1, -0.05) is 20.8 Å². The molecule has 0 saturated carbocycles. The van der Waals surface area contributed by atoms with Gasteiger partial charge in [-0.3, -0.25) is 0 Å². The van der Waals surface area contributed by atoms with Crippen LogP contribution >= 0.6 is 0 Å². The molecule has 0 aliphatic rings. The second kappa shape index (κ2) is 5.09. The minimum atomic E-state index is -1.12. The van der Waals surface area contributed by atoms with Crippen LogP contribution in [0, 0.1) is 16.7 Å². The topological polar surface area (TPSA) is 52.9 Å². The molecule has 0 aliphatic carbocycles. The predicted octanol–water partition coefficient (Wildman–Crippen LogP) is 2.37. The minimum Gasteiger partial charge on any atom is -0.242 e. The van der Waals surface area contributed by atoms with Crippen molar-refractivity contribution in [1.82, 2.24) is 4.72 Å². The fourth-order valence-corrected chi connectivity index (χ4v) is 1.97. The Morgan fingerprint density at radius 2 is 1.73 bits per heavy atom. The summed E-state index contributed by atoms with van der Waals surface area (Å²) in [7, 11) is -1.12. The third-order valence-corrected chi connectivity index (χ3v) is 3.76. The van der Waals surface area contributed by atoms with Gasteiger partial charge in [-0.25, -0.2) is 8.93 Å². The molecule has 0 bridgehead atoms. The molecule has 2 atom stereocenters. The van der Waals surface area contributed by atoms with Crippen molar-refractivity contribution in [3.05, 3.63) is 0 Å². The summed E-state index contributed by atoms with van der Waals surface area (Å²) in [4.78, 5) is 0. The SMILES string of the molecule is CC(C)(C)[C@@H](CC#N)N[S@](=O)C(C)(C)C. The first kappa shape index (κ1) is 14.6. The molecule has 0 aliphatic heterocycles. The minimum absolute atomic E-state index is 0.0393. The predicted molar refractivity (Wildman–Crippen MR) is 64.5 cm³/mol. The molecule has 4 heteroatoms. The van der Waals surface area contributed by atoms with Crippen LogP contribution in [-0.2, 0) is 11.0 Å². The first-order valence-corrected chi connectivity index (χ1v) is 6.29. The fraction of sp³-hybridized carbons (Fsp3) is 0.909. The maximum Gasteiger partial charge on any atom is 0.0973 e. The van der Waals surface area contributed by atoms with E-state index in [2.05, 4.69) is 10.8 Å². The van der Waals surface area contributed by atoms with Gasteiger partial charge in [-0.15, -0.1) is 0 Å². The molecule has 1 N–H and O–H groups in total. The zero-order valence-corrected chi connectivity index (χ0v) is 11.4. The second-order valence-corrected chi connectivity index (χ2v) is 7.78. The summed E-state index contributed by atoms with van der Waals surface area (Å²) in [6.07, 6.45) is 0.380. The van der Waals surface area contributed by atoms with Crippen LogP contribution in [0.1, 0.15) is 48.0 Å². The molecule has 15 heavy (non-hydrogen) atoms. The summed E-state index contributed by atoms with van der Waals surface area (Å²) in [5.41, 5.74) is -0.0589. The molecule has 0 rings (SSSR count). The fourth-order valence-electron chi connectivity index (χ4n) is 0.922. The van der Waals surface area contributed by atoms with E-state index < -0.39 is 11.0 Å². The summed E-state index contributed by atoms with van der Waals surface area (Å²) >= 11 is 0. The summed E-state index contributed by atoms with van der Waals surface area (Å²) < 4.78 is 14.6. The highest BCUT2D eigenvalue weighted by Gasteiger charge is 2.29. The van der Waals surface area contributed by atoms with E-state index in [-0.39, 0.29) is 16.2 Å². The van der Waals surface area contributed by atoms with Gasteiger partial charge in [0.1, 0.15) is 0 Å². The molecule has 0 saturated heterocycles. The zero-order chi connectivity index (χ0) is 12.3. The third-order valence-electron chi connectivity index (χ3n) is 2.15. The van der Waals surface area contributed by atoms with Crippen molar-refractivity contribution in [2.45, 2.75) is 58.8 Å². The van der Waals surface area contributed by atoms with Crippen LogP contribution in [0.4, 0.5) is 0 Å². The monoisotopic (exact) mass is 230 g/mol. The Hall–Kier alpha value is -0.400. The van der Waals surface area contributed by atoms with E-state index in [1.807, 2.05) is 41.5 Å². The van der Waals surface area contributed by atoms with E-state index in [0.717, 1.165) is 0 Å². The average molecular weight is 230 g/mol. The Kier molecular flexibility index (Phi) is 4.95. The number of hydrogen-bond acceptors (Lipinski definition) is 2. The standard InChI is InChI=1S/C11H22N2OS/c1-10(2,3)9(7-8-12)13-15(14)11(4,5)6/h9,13H,7H2,1-6H3/t9-,15-/m1/s1. The quantitative estimate of drug-likeness (QED) is 0.809. The van der Waals surface area contributed by atoms with Gasteiger partial charge in [-0.05, 0) is 26.2 Å². The average Bonchev–Trinajstić information content (AvgIpc) is 1.99. The molecule has 0 spiro atoms. The van der Waals surface area contributed by atoms with Crippen molar-refractivity contribution in [3.63, 3.8) is 0 Å². The van der Waals surface area contributed by atoms with Gasteiger partial charge in [0, 0.05) is 6.04 Å². The van der Waals surface area contributed by atoms with Crippen LogP contribution in [-0.4, -0.2) is 15.0 Å². The largest absolute Gasteiger partial charge is 0.242 e. The van der Waals surface area contributed by atoms with Crippen molar-refractivity contribution in [1.29, 1.82) is 5.26 Å². The number of rotatable bonds is 3. The zero-order valence-electron chi connectivity index (χ0n) is 10.5. The molecular weight excluding hydrogens is 208 g/mol. The van der Waals surface area contributed by atoms with Gasteiger partial charge in [0.05, 0.1) is 28.2 Å². The highest BCUT2D eigenvalue weighted by atomic mass is 32.2. The van der Waals surface area contributed by atoms with E-state index >= 15 is 0 Å². The molecule has 0 radical (unpaired) electrons. The number of nitriles is 1. The molecule has 0 heterocycles. The molecule has 88 valence electrons. The molecule has 0 aromatic carbocycles. The van der Waals surface area contributed by atoms with Crippen LogP contribution in [0.15, 0.2) is 0 Å². The lowest BCUT2D eigenvalue weighted by molar-refractivity contribution is 0.304. The lowest BCUT2D eigenvalue weighted by Crippen LogP contribution is -2.45. The van der Waals surface area contributed by atoms with Gasteiger partial charge < -0.3 is 0 Å². The van der Waals surface area contributed by atoms with Gasteiger partial charge in [0.25, 0.3) is 0 Å². The molecule has 0 amide bonds. The summed E-state index contributed by atoms with van der Waals surface area (Å²) in [5.74, 6) is 0. The van der Waals surface area contributed by atoms with E-state index in [0.29, 0.717) is 6.42 Å². The molecule has 0 aromatic rings. The van der Waals surface area contributed by atoms with Crippen LogP contribution < -0.4 is 4.72 Å². The lowest BCUT2D eigenvalue weighted by atomic mass is 9.86. The van der Waals surface area contributed by atoms with Gasteiger partial charge >= 0.3 is 0 Å². The highest BCUT2D eigenvalue weighted by Crippen LogP contribution is 2.23. The van der Waals surface area contributed by atoms with Crippen molar-refractivity contribution in [3.8, 4) is 6.07 Å². The normalized spacial score (nSPS) is 16.9. The van der Waals surface area contributed by atoms with Crippen molar-refractivity contribution in [2.24, 2.45) is 5.41 Å². The lowest BCUT2D eigenvalue weighted by Gasteiger charge is -2.31. The number of nitrogens with one attached hydrogen (secondary N) is 1. The van der Waals surface area contributed by atoms with Gasteiger partial charge in [-0.2, -0.15) is 5.26 Å². The summed E-state index contributed by atoms with van der Waals surface area (Å²) in [6, 6.07) is 2.09. The first-order chi connectivity index (χ1) is 6.59. The second-order valence-electron chi connectivity index (χ2n) is 5.78. The first-order valence-electron chi connectivity index (χ1n) is 5.14. The van der Waals surface area contributed by atoms with Crippen LogP contribution in [0.5, 0.6) is 0 Å². The Bertz CT molecular complexity index is 268. The van der Waals surface area contributed by atoms with Crippen molar-refractivity contribution >= 4 is 11.0 Å². The molecule has 0 unspecified atom stereocenters. The molecular formula is C11H22N2OS. The van der Waals surface area contributed by atoms with Gasteiger partial charge in [0.2, 0.25) is 0 Å². The van der Waals surface area contributed by atoms with Crippen LogP contribution in [0.2, 0.25) is 0 Å². The third kappa shape index (κ3) is 5.29. The van der Waals surface area contributed by atoms with E-state index in [4.69, 9.17) is 5.26 Å². The Morgan fingerprint density at radius 3 is 2.00 bits per heavy atom. The number of hydrogen-bond donors (Lipinski definition) is 1. The molecule has 0 fully saturated rings. The maximum atomic E-state index is 11.9. The van der Waals surface area contributed by atoms with E-state index in [1.54, 1.807) is 0 Å². The van der Waals surface area contributed by atoms with Gasteiger partial charge in [0.15, 0.2) is 0 Å². The molecule has 3 nitrogen and oxygen atoms in total. The Balaban J connectivity index is 4.59.